The minimum atomic E-state index is -0.344. The summed E-state index contributed by atoms with van der Waals surface area (Å²) in [6, 6.07) is 16.6. The third kappa shape index (κ3) is 3.99. The van der Waals surface area contributed by atoms with Gasteiger partial charge in [0.1, 0.15) is 23.9 Å². The summed E-state index contributed by atoms with van der Waals surface area (Å²) in [6.45, 7) is 2.23. The maximum Gasteiger partial charge on any atom is 0.293 e. The average molecular weight is 394 g/mol. The van der Waals surface area contributed by atoms with Crippen LogP contribution in [0.1, 0.15) is 21.9 Å². The molecule has 0 aliphatic heterocycles. The number of benzene rings is 2. The first-order chi connectivity index (χ1) is 13.6. The van der Waals surface area contributed by atoms with E-state index in [0.29, 0.717) is 22.4 Å². The average Bonchev–Trinajstić information content (AvgIpc) is 3.32. The van der Waals surface area contributed by atoms with Crippen LogP contribution in [0.4, 0.5) is 5.13 Å². The summed E-state index contributed by atoms with van der Waals surface area (Å²) >= 11 is 1.43. The quantitative estimate of drug-likeness (QED) is 0.496. The van der Waals surface area contributed by atoms with Gasteiger partial charge in [-0.1, -0.05) is 23.5 Å². The number of aryl methyl sites for hydroxylation is 1. The molecule has 0 saturated carbocycles. The molecule has 28 heavy (non-hydrogen) atoms. The van der Waals surface area contributed by atoms with Gasteiger partial charge < -0.3 is 13.9 Å². The molecule has 0 unspecified atom stereocenters. The number of aromatic nitrogens is 1. The van der Waals surface area contributed by atoms with Gasteiger partial charge >= 0.3 is 0 Å². The van der Waals surface area contributed by atoms with Gasteiger partial charge in [0.15, 0.2) is 10.9 Å². The van der Waals surface area contributed by atoms with Crippen molar-refractivity contribution in [2.45, 2.75) is 13.5 Å². The van der Waals surface area contributed by atoms with E-state index in [0.717, 1.165) is 15.8 Å². The Morgan fingerprint density at radius 2 is 2.00 bits per heavy atom. The first-order valence-corrected chi connectivity index (χ1v) is 9.46. The number of methoxy groups -OCH3 is 1. The first kappa shape index (κ1) is 18.1. The van der Waals surface area contributed by atoms with E-state index in [1.807, 2.05) is 43.3 Å². The predicted molar refractivity (Wildman–Crippen MR) is 108 cm³/mol. The van der Waals surface area contributed by atoms with Crippen LogP contribution in [0, 0.1) is 6.92 Å². The van der Waals surface area contributed by atoms with Crippen LogP contribution in [0.15, 0.2) is 59.0 Å². The lowest BCUT2D eigenvalue weighted by Crippen LogP contribution is -2.10. The van der Waals surface area contributed by atoms with Crippen LogP contribution in [0.2, 0.25) is 0 Å². The third-order valence-electron chi connectivity index (χ3n) is 4.07. The van der Waals surface area contributed by atoms with Crippen molar-refractivity contribution in [3.63, 3.8) is 0 Å². The van der Waals surface area contributed by atoms with Crippen molar-refractivity contribution in [1.29, 1.82) is 0 Å². The van der Waals surface area contributed by atoms with Crippen LogP contribution >= 0.6 is 11.3 Å². The molecule has 4 rings (SSSR count). The Morgan fingerprint density at radius 1 is 1.14 bits per heavy atom. The highest BCUT2D eigenvalue weighted by Gasteiger charge is 2.14. The summed E-state index contributed by atoms with van der Waals surface area (Å²) in [6.07, 6.45) is 0. The lowest BCUT2D eigenvalue weighted by atomic mass is 10.2. The van der Waals surface area contributed by atoms with Gasteiger partial charge in [-0.2, -0.15) is 0 Å². The molecule has 0 saturated heterocycles. The maximum absolute atomic E-state index is 12.4. The number of carbonyl (C=O) groups is 1. The lowest BCUT2D eigenvalue weighted by molar-refractivity contribution is 0.0992. The Balaban J connectivity index is 1.40. The highest BCUT2D eigenvalue weighted by molar-refractivity contribution is 7.22. The van der Waals surface area contributed by atoms with E-state index in [1.165, 1.54) is 11.3 Å². The number of ether oxygens (including phenoxy) is 2. The van der Waals surface area contributed by atoms with Crippen molar-refractivity contribution < 1.29 is 18.7 Å². The molecule has 2 aromatic heterocycles. The summed E-state index contributed by atoms with van der Waals surface area (Å²) in [5, 5.41) is 3.32. The van der Waals surface area contributed by atoms with Gasteiger partial charge in [-0.3, -0.25) is 10.1 Å². The van der Waals surface area contributed by atoms with E-state index in [-0.39, 0.29) is 18.3 Å². The fourth-order valence-electron chi connectivity index (χ4n) is 2.67. The summed E-state index contributed by atoms with van der Waals surface area (Å²) < 4.78 is 17.5. The number of nitrogens with one attached hydrogen (secondary N) is 1. The second-order valence-electron chi connectivity index (χ2n) is 6.18. The number of anilines is 1. The monoisotopic (exact) mass is 394 g/mol. The van der Waals surface area contributed by atoms with E-state index >= 15 is 0 Å². The smallest absolute Gasteiger partial charge is 0.293 e. The largest absolute Gasteiger partial charge is 0.497 e. The summed E-state index contributed by atoms with van der Waals surface area (Å²) in [4.78, 5) is 16.9. The molecule has 0 aliphatic rings. The molecule has 0 bridgehead atoms. The zero-order valence-electron chi connectivity index (χ0n) is 15.4. The molecular formula is C21H18N2O4S. The minimum absolute atomic E-state index is 0.208. The van der Waals surface area contributed by atoms with Crippen LogP contribution in [0.25, 0.3) is 10.2 Å². The molecule has 142 valence electrons. The number of thiazole rings is 1. The Labute approximate surface area is 165 Å². The van der Waals surface area contributed by atoms with E-state index < -0.39 is 0 Å². The van der Waals surface area contributed by atoms with Crippen LogP contribution in [-0.2, 0) is 6.61 Å². The molecule has 2 heterocycles. The number of fused-ring (bicyclic) bond motifs is 1. The number of hydrogen-bond donors (Lipinski definition) is 1. The van der Waals surface area contributed by atoms with Gasteiger partial charge in [-0.15, -0.1) is 0 Å². The van der Waals surface area contributed by atoms with Gasteiger partial charge in [0.25, 0.3) is 5.91 Å². The van der Waals surface area contributed by atoms with Crippen molar-refractivity contribution in [1.82, 2.24) is 4.98 Å². The van der Waals surface area contributed by atoms with Crippen LogP contribution in [0.3, 0.4) is 0 Å². The van der Waals surface area contributed by atoms with E-state index in [2.05, 4.69) is 10.3 Å². The predicted octanol–water partition coefficient (Wildman–Crippen LogP) is 5.04. The van der Waals surface area contributed by atoms with Crippen molar-refractivity contribution in [3.8, 4) is 11.5 Å². The Morgan fingerprint density at radius 3 is 2.86 bits per heavy atom. The summed E-state index contributed by atoms with van der Waals surface area (Å²) in [5.41, 5.74) is 2.01. The molecular weight excluding hydrogens is 376 g/mol. The van der Waals surface area contributed by atoms with E-state index in [9.17, 15) is 4.79 Å². The minimum Gasteiger partial charge on any atom is -0.497 e. The van der Waals surface area contributed by atoms with Gasteiger partial charge in [0, 0.05) is 6.07 Å². The Hall–Kier alpha value is -3.32. The Bertz CT molecular complexity index is 1130. The fraction of sp³-hybridized carbons (Fsp3) is 0.143. The zero-order valence-corrected chi connectivity index (χ0v) is 16.2. The maximum atomic E-state index is 12.4. The molecule has 2 aromatic carbocycles. The second kappa shape index (κ2) is 7.74. The summed E-state index contributed by atoms with van der Waals surface area (Å²) in [7, 11) is 1.60. The van der Waals surface area contributed by atoms with Gasteiger partial charge in [-0.05, 0) is 48.9 Å². The normalized spacial score (nSPS) is 10.8. The molecule has 0 atom stereocenters. The van der Waals surface area contributed by atoms with Crippen molar-refractivity contribution in [3.05, 3.63) is 71.7 Å². The van der Waals surface area contributed by atoms with E-state index in [4.69, 9.17) is 13.9 Å². The van der Waals surface area contributed by atoms with Gasteiger partial charge in [-0.25, -0.2) is 4.98 Å². The van der Waals surface area contributed by atoms with Crippen LogP contribution in [0.5, 0.6) is 11.5 Å². The van der Waals surface area contributed by atoms with Gasteiger partial charge in [0.05, 0.1) is 17.3 Å². The highest BCUT2D eigenvalue weighted by atomic mass is 32.1. The molecule has 0 aliphatic carbocycles. The number of amides is 1. The molecule has 4 aromatic rings. The number of carbonyl (C=O) groups excluding carboxylic acids is 1. The molecule has 0 radical (unpaired) electrons. The van der Waals surface area contributed by atoms with Crippen LogP contribution < -0.4 is 14.8 Å². The molecule has 0 spiro atoms. The lowest BCUT2D eigenvalue weighted by Gasteiger charge is -2.06. The number of nitrogens with zero attached hydrogens (tertiary/aromatic N) is 1. The molecule has 1 N–H and O–H groups in total. The first-order valence-electron chi connectivity index (χ1n) is 8.65. The Kier molecular flexibility index (Phi) is 4.99. The zero-order chi connectivity index (χ0) is 19.5. The highest BCUT2D eigenvalue weighted by Crippen LogP contribution is 2.27. The molecule has 1 amide bonds. The number of hydrogen-bond acceptors (Lipinski definition) is 6. The van der Waals surface area contributed by atoms with Crippen molar-refractivity contribution in [2.75, 3.05) is 12.4 Å². The van der Waals surface area contributed by atoms with Crippen molar-refractivity contribution in [2.24, 2.45) is 0 Å². The second-order valence-corrected chi connectivity index (χ2v) is 7.21. The number of rotatable bonds is 6. The molecule has 0 fully saturated rings. The van der Waals surface area contributed by atoms with Gasteiger partial charge in [0.2, 0.25) is 0 Å². The van der Waals surface area contributed by atoms with Crippen molar-refractivity contribution >= 4 is 32.6 Å². The SMILES string of the molecule is COc1cccc(OCc2ccc(C(=O)Nc3nc4ccc(C)cc4s3)o2)c1. The van der Waals surface area contributed by atoms with E-state index in [1.54, 1.807) is 25.3 Å². The topological polar surface area (TPSA) is 73.6 Å². The van der Waals surface area contributed by atoms with Crippen LogP contribution in [-0.4, -0.2) is 18.0 Å². The molecule has 6 nitrogen and oxygen atoms in total. The third-order valence-corrected chi connectivity index (χ3v) is 5.01. The molecule has 7 heteroatoms. The summed E-state index contributed by atoms with van der Waals surface area (Å²) in [5.74, 6) is 1.78. The standard InChI is InChI=1S/C21H18N2O4S/c1-13-6-8-17-19(10-13)28-21(22-17)23-20(24)18-9-7-16(27-18)12-26-15-5-3-4-14(11-15)25-2/h3-11H,12H2,1-2H3,(H,22,23,24). The fourth-order valence-corrected chi connectivity index (χ4v) is 3.63. The number of furan rings is 1.